The Morgan fingerprint density at radius 3 is 2.50 bits per heavy atom. The molecule has 0 spiro atoms. The SMILES string of the molecule is C=CC(=O)OC1(C)CC(=O)OC1(C)C. The van der Waals surface area contributed by atoms with Crippen molar-refractivity contribution in [2.45, 2.75) is 38.4 Å². The number of cyclic esters (lactones) is 1. The van der Waals surface area contributed by atoms with Crippen LogP contribution in [-0.4, -0.2) is 23.1 Å². The fourth-order valence-corrected chi connectivity index (χ4v) is 1.34. The number of esters is 2. The summed E-state index contributed by atoms with van der Waals surface area (Å²) in [4.78, 5) is 22.2. The average molecular weight is 198 g/mol. The molecule has 4 heteroatoms. The molecule has 0 aromatic rings. The second kappa shape index (κ2) is 3.12. The maximum absolute atomic E-state index is 11.1. The lowest BCUT2D eigenvalue weighted by molar-refractivity contribution is -0.170. The number of rotatable bonds is 2. The Balaban J connectivity index is 2.87. The van der Waals surface area contributed by atoms with E-state index in [1.807, 2.05) is 0 Å². The van der Waals surface area contributed by atoms with Gasteiger partial charge in [-0.1, -0.05) is 6.58 Å². The van der Waals surface area contributed by atoms with Crippen molar-refractivity contribution in [3.8, 4) is 0 Å². The van der Waals surface area contributed by atoms with Gasteiger partial charge in [0.2, 0.25) is 0 Å². The third kappa shape index (κ3) is 1.64. The molecule has 0 aliphatic carbocycles. The van der Waals surface area contributed by atoms with Crippen LogP contribution < -0.4 is 0 Å². The Morgan fingerprint density at radius 2 is 2.14 bits per heavy atom. The number of carbonyl (C=O) groups is 2. The molecule has 14 heavy (non-hydrogen) atoms. The van der Waals surface area contributed by atoms with Gasteiger partial charge in [0.15, 0.2) is 5.60 Å². The van der Waals surface area contributed by atoms with Gasteiger partial charge in [-0.3, -0.25) is 4.79 Å². The quantitative estimate of drug-likeness (QED) is 0.494. The average Bonchev–Trinajstić information content (AvgIpc) is 2.20. The normalized spacial score (nSPS) is 29.5. The van der Waals surface area contributed by atoms with Crippen LogP contribution in [0, 0.1) is 0 Å². The zero-order valence-electron chi connectivity index (χ0n) is 8.62. The molecule has 0 amide bonds. The van der Waals surface area contributed by atoms with Crippen molar-refractivity contribution >= 4 is 11.9 Å². The van der Waals surface area contributed by atoms with Crippen LogP contribution >= 0.6 is 0 Å². The standard InChI is InChI=1S/C10H14O4/c1-5-7(11)14-10(4)6-8(12)13-9(10,2)3/h5H,1,6H2,2-4H3. The minimum atomic E-state index is -0.907. The van der Waals surface area contributed by atoms with Gasteiger partial charge in [0, 0.05) is 6.08 Å². The van der Waals surface area contributed by atoms with Gasteiger partial charge in [0.25, 0.3) is 0 Å². The Kier molecular flexibility index (Phi) is 2.39. The third-order valence-corrected chi connectivity index (χ3v) is 2.62. The Bertz CT molecular complexity index is 292. The molecule has 1 fully saturated rings. The van der Waals surface area contributed by atoms with Crippen LogP contribution in [0.25, 0.3) is 0 Å². The van der Waals surface area contributed by atoms with Gasteiger partial charge in [0.1, 0.15) is 5.60 Å². The summed E-state index contributed by atoms with van der Waals surface area (Å²) < 4.78 is 10.2. The van der Waals surface area contributed by atoms with Crippen molar-refractivity contribution < 1.29 is 19.1 Å². The first-order valence-corrected chi connectivity index (χ1v) is 4.38. The van der Waals surface area contributed by atoms with E-state index in [9.17, 15) is 9.59 Å². The van der Waals surface area contributed by atoms with Gasteiger partial charge in [-0.05, 0) is 20.8 Å². The van der Waals surface area contributed by atoms with E-state index in [0.717, 1.165) is 6.08 Å². The summed E-state index contributed by atoms with van der Waals surface area (Å²) in [6, 6.07) is 0. The van der Waals surface area contributed by atoms with Gasteiger partial charge < -0.3 is 9.47 Å². The van der Waals surface area contributed by atoms with Gasteiger partial charge in [-0.2, -0.15) is 0 Å². The van der Waals surface area contributed by atoms with Gasteiger partial charge >= 0.3 is 11.9 Å². The molecule has 1 saturated heterocycles. The van der Waals surface area contributed by atoms with Crippen LogP contribution in [0.5, 0.6) is 0 Å². The summed E-state index contributed by atoms with van der Waals surface area (Å²) in [5, 5.41) is 0. The fourth-order valence-electron chi connectivity index (χ4n) is 1.34. The predicted molar refractivity (Wildman–Crippen MR) is 49.5 cm³/mol. The minimum Gasteiger partial charge on any atom is -0.455 e. The first kappa shape index (κ1) is 10.8. The molecule has 0 radical (unpaired) electrons. The summed E-state index contributed by atoms with van der Waals surface area (Å²) in [5.41, 5.74) is -1.70. The maximum atomic E-state index is 11.1. The summed E-state index contributed by atoms with van der Waals surface area (Å²) in [7, 11) is 0. The number of ether oxygens (including phenoxy) is 2. The first-order chi connectivity index (χ1) is 6.31. The minimum absolute atomic E-state index is 0.0829. The molecule has 0 aromatic heterocycles. The first-order valence-electron chi connectivity index (χ1n) is 4.38. The highest BCUT2D eigenvalue weighted by atomic mass is 16.6. The van der Waals surface area contributed by atoms with Crippen LogP contribution in [0.3, 0.4) is 0 Å². The van der Waals surface area contributed by atoms with Crippen molar-refractivity contribution in [2.75, 3.05) is 0 Å². The molecule has 1 aliphatic rings. The van der Waals surface area contributed by atoms with E-state index >= 15 is 0 Å². The zero-order chi connectivity index (χ0) is 11.0. The van der Waals surface area contributed by atoms with Gasteiger partial charge in [-0.25, -0.2) is 4.79 Å². The van der Waals surface area contributed by atoms with E-state index in [0.29, 0.717) is 0 Å². The third-order valence-electron chi connectivity index (χ3n) is 2.62. The van der Waals surface area contributed by atoms with Gasteiger partial charge in [-0.15, -0.1) is 0 Å². The smallest absolute Gasteiger partial charge is 0.330 e. The lowest BCUT2D eigenvalue weighted by atomic mass is 9.87. The summed E-state index contributed by atoms with van der Waals surface area (Å²) in [6.45, 7) is 8.41. The lowest BCUT2D eigenvalue weighted by Gasteiger charge is -2.34. The van der Waals surface area contributed by atoms with Crippen molar-refractivity contribution in [3.05, 3.63) is 12.7 Å². The molecule has 0 aromatic carbocycles. The molecule has 0 N–H and O–H groups in total. The van der Waals surface area contributed by atoms with E-state index in [4.69, 9.17) is 9.47 Å². The molecular formula is C10H14O4. The monoisotopic (exact) mass is 198 g/mol. The molecule has 4 nitrogen and oxygen atoms in total. The second-order valence-corrected chi connectivity index (χ2v) is 4.02. The molecule has 78 valence electrons. The highest BCUT2D eigenvalue weighted by Crippen LogP contribution is 2.39. The summed E-state index contributed by atoms with van der Waals surface area (Å²) >= 11 is 0. The second-order valence-electron chi connectivity index (χ2n) is 4.02. The van der Waals surface area contributed by atoms with Crippen LogP contribution in [-0.2, 0) is 19.1 Å². The number of carbonyl (C=O) groups excluding carboxylic acids is 2. The molecule has 1 unspecified atom stereocenters. The zero-order valence-corrected chi connectivity index (χ0v) is 8.62. The van der Waals surface area contributed by atoms with Crippen LogP contribution in [0.2, 0.25) is 0 Å². The Hall–Kier alpha value is -1.32. The van der Waals surface area contributed by atoms with E-state index < -0.39 is 17.2 Å². The fraction of sp³-hybridized carbons (Fsp3) is 0.600. The van der Waals surface area contributed by atoms with E-state index in [-0.39, 0.29) is 12.4 Å². The number of hydrogen-bond acceptors (Lipinski definition) is 4. The van der Waals surface area contributed by atoms with Crippen molar-refractivity contribution in [2.24, 2.45) is 0 Å². The van der Waals surface area contributed by atoms with Crippen molar-refractivity contribution in [1.29, 1.82) is 0 Å². The molecular weight excluding hydrogens is 184 g/mol. The van der Waals surface area contributed by atoms with Gasteiger partial charge in [0.05, 0.1) is 6.42 Å². The Labute approximate surface area is 82.9 Å². The molecule has 1 aliphatic heterocycles. The van der Waals surface area contributed by atoms with Crippen molar-refractivity contribution in [3.63, 3.8) is 0 Å². The molecule has 1 heterocycles. The lowest BCUT2D eigenvalue weighted by Crippen LogP contribution is -2.47. The Morgan fingerprint density at radius 1 is 1.57 bits per heavy atom. The summed E-state index contributed by atoms with van der Waals surface area (Å²) in [6.07, 6.45) is 1.16. The van der Waals surface area contributed by atoms with Crippen molar-refractivity contribution in [1.82, 2.24) is 0 Å². The highest BCUT2D eigenvalue weighted by Gasteiger charge is 2.54. The molecule has 0 bridgehead atoms. The van der Waals surface area contributed by atoms with Crippen LogP contribution in [0.4, 0.5) is 0 Å². The van der Waals surface area contributed by atoms with E-state index in [1.165, 1.54) is 0 Å². The molecule has 1 rings (SSSR count). The topological polar surface area (TPSA) is 52.6 Å². The van der Waals surface area contributed by atoms with E-state index in [1.54, 1.807) is 20.8 Å². The molecule has 1 atom stereocenters. The summed E-state index contributed by atoms with van der Waals surface area (Å²) in [5.74, 6) is -0.895. The van der Waals surface area contributed by atoms with Crippen LogP contribution in [0.1, 0.15) is 27.2 Å². The van der Waals surface area contributed by atoms with Crippen LogP contribution in [0.15, 0.2) is 12.7 Å². The highest BCUT2D eigenvalue weighted by molar-refractivity contribution is 5.83. The van der Waals surface area contributed by atoms with E-state index in [2.05, 4.69) is 6.58 Å². The maximum Gasteiger partial charge on any atom is 0.330 e. The predicted octanol–water partition coefficient (Wildman–Crippen LogP) is 1.20. The molecule has 0 saturated carbocycles. The largest absolute Gasteiger partial charge is 0.455 e. The number of hydrogen-bond donors (Lipinski definition) is 0.